The van der Waals surface area contributed by atoms with Gasteiger partial charge < -0.3 is 9.88 Å². The van der Waals surface area contributed by atoms with E-state index in [0.29, 0.717) is 19.5 Å². The van der Waals surface area contributed by atoms with Crippen LogP contribution in [0.2, 0.25) is 0 Å². The fourth-order valence-corrected chi connectivity index (χ4v) is 2.81. The van der Waals surface area contributed by atoms with Crippen LogP contribution in [0.3, 0.4) is 0 Å². The maximum Gasteiger partial charge on any atom is 0.266 e. The highest BCUT2D eigenvalue weighted by atomic mass is 16.1. The molecule has 24 heavy (non-hydrogen) atoms. The van der Waals surface area contributed by atoms with Gasteiger partial charge in [0.05, 0.1) is 18.7 Å². The predicted molar refractivity (Wildman–Crippen MR) is 92.9 cm³/mol. The Morgan fingerprint density at radius 2 is 2.00 bits per heavy atom. The van der Waals surface area contributed by atoms with Crippen LogP contribution in [0.5, 0.6) is 0 Å². The minimum atomic E-state index is -0.163. The molecule has 0 aliphatic carbocycles. The summed E-state index contributed by atoms with van der Waals surface area (Å²) in [6.45, 7) is 2.57. The maximum atomic E-state index is 12.2. The molecule has 1 N–H and O–H groups in total. The van der Waals surface area contributed by atoms with E-state index < -0.39 is 0 Å². The first-order valence-corrected chi connectivity index (χ1v) is 7.89. The lowest BCUT2D eigenvalue weighted by molar-refractivity contribution is -0.120. The Kier molecular flexibility index (Phi) is 4.46. The summed E-state index contributed by atoms with van der Waals surface area (Å²) in [5, 5.41) is 8.09. The zero-order chi connectivity index (χ0) is 17.1. The molecule has 2 aromatic heterocycles. The van der Waals surface area contributed by atoms with Crippen molar-refractivity contribution in [3.8, 4) is 0 Å². The molecule has 3 rings (SSSR count). The molecule has 124 valence electrons. The van der Waals surface area contributed by atoms with E-state index >= 15 is 0 Å². The molecule has 1 amide bonds. The SMILES string of the molecule is Cc1ccc(=O)n(CCNC(=O)Cc2cn(C)c3ccccc23)n1. The molecule has 0 aliphatic rings. The number of amides is 1. The van der Waals surface area contributed by atoms with Gasteiger partial charge in [-0.1, -0.05) is 18.2 Å². The molecule has 3 aromatic rings. The minimum absolute atomic E-state index is 0.0629. The quantitative estimate of drug-likeness (QED) is 0.771. The van der Waals surface area contributed by atoms with Crippen molar-refractivity contribution in [3.05, 3.63) is 64.2 Å². The normalized spacial score (nSPS) is 10.9. The van der Waals surface area contributed by atoms with Crippen LogP contribution in [0.1, 0.15) is 11.3 Å². The van der Waals surface area contributed by atoms with Gasteiger partial charge in [0.25, 0.3) is 5.56 Å². The van der Waals surface area contributed by atoms with Gasteiger partial charge in [-0.05, 0) is 24.6 Å². The standard InChI is InChI=1S/C18H20N4O2/c1-13-7-8-18(24)22(20-13)10-9-19-17(23)11-14-12-21(2)16-6-4-3-5-15(14)16/h3-8,12H,9-11H2,1-2H3,(H,19,23). The van der Waals surface area contributed by atoms with E-state index in [2.05, 4.69) is 10.4 Å². The van der Waals surface area contributed by atoms with E-state index in [1.165, 1.54) is 10.7 Å². The van der Waals surface area contributed by atoms with Gasteiger partial charge >= 0.3 is 0 Å². The van der Waals surface area contributed by atoms with Gasteiger partial charge in [0, 0.05) is 36.8 Å². The smallest absolute Gasteiger partial charge is 0.266 e. The van der Waals surface area contributed by atoms with E-state index in [1.807, 2.05) is 49.0 Å². The van der Waals surface area contributed by atoms with Gasteiger partial charge in [0.2, 0.25) is 5.91 Å². The van der Waals surface area contributed by atoms with Crippen LogP contribution in [0.4, 0.5) is 0 Å². The third-order valence-electron chi connectivity index (χ3n) is 3.98. The van der Waals surface area contributed by atoms with Crippen molar-refractivity contribution in [1.82, 2.24) is 19.7 Å². The highest BCUT2D eigenvalue weighted by molar-refractivity contribution is 5.89. The van der Waals surface area contributed by atoms with Crippen LogP contribution in [0.25, 0.3) is 10.9 Å². The average Bonchev–Trinajstić information content (AvgIpc) is 2.87. The molecule has 2 heterocycles. The number of hydrogen-bond donors (Lipinski definition) is 1. The van der Waals surface area contributed by atoms with Gasteiger partial charge in [0.15, 0.2) is 0 Å². The Labute approximate surface area is 139 Å². The predicted octanol–water partition coefficient (Wildman–Crippen LogP) is 1.40. The van der Waals surface area contributed by atoms with Gasteiger partial charge in [-0.25, -0.2) is 4.68 Å². The van der Waals surface area contributed by atoms with Crippen molar-refractivity contribution in [2.75, 3.05) is 6.54 Å². The molecular weight excluding hydrogens is 304 g/mol. The molecular formula is C18H20N4O2. The second-order valence-electron chi connectivity index (χ2n) is 5.85. The second kappa shape index (κ2) is 6.70. The molecule has 0 saturated carbocycles. The molecule has 0 unspecified atom stereocenters. The highest BCUT2D eigenvalue weighted by Crippen LogP contribution is 2.20. The summed E-state index contributed by atoms with van der Waals surface area (Å²) in [5.41, 5.74) is 2.72. The van der Waals surface area contributed by atoms with Crippen LogP contribution in [0.15, 0.2) is 47.4 Å². The van der Waals surface area contributed by atoms with Crippen molar-refractivity contribution in [2.45, 2.75) is 19.9 Å². The number of rotatable bonds is 5. The van der Waals surface area contributed by atoms with Gasteiger partial charge in [0.1, 0.15) is 0 Å². The lowest BCUT2D eigenvalue weighted by atomic mass is 10.1. The molecule has 0 saturated heterocycles. The van der Waals surface area contributed by atoms with Crippen LogP contribution >= 0.6 is 0 Å². The lowest BCUT2D eigenvalue weighted by Gasteiger charge is -2.07. The number of nitrogens with zero attached hydrogens (tertiary/aromatic N) is 3. The van der Waals surface area contributed by atoms with Crippen molar-refractivity contribution < 1.29 is 4.79 Å². The van der Waals surface area contributed by atoms with E-state index in [9.17, 15) is 9.59 Å². The Bertz CT molecular complexity index is 940. The fourth-order valence-electron chi connectivity index (χ4n) is 2.81. The molecule has 0 aliphatic heterocycles. The number of nitrogens with one attached hydrogen (secondary N) is 1. The number of carbonyl (C=O) groups excluding carboxylic acids is 1. The molecule has 0 fully saturated rings. The van der Waals surface area contributed by atoms with Crippen LogP contribution < -0.4 is 10.9 Å². The Morgan fingerprint density at radius 1 is 1.21 bits per heavy atom. The second-order valence-corrected chi connectivity index (χ2v) is 5.85. The first-order valence-electron chi connectivity index (χ1n) is 7.89. The minimum Gasteiger partial charge on any atom is -0.354 e. The largest absolute Gasteiger partial charge is 0.354 e. The van der Waals surface area contributed by atoms with E-state index in [1.54, 1.807) is 6.07 Å². The number of hydrogen-bond acceptors (Lipinski definition) is 3. The molecule has 1 aromatic carbocycles. The molecule has 0 radical (unpaired) electrons. The first kappa shape index (κ1) is 16.0. The monoisotopic (exact) mass is 324 g/mol. The summed E-state index contributed by atoms with van der Waals surface area (Å²) in [4.78, 5) is 23.9. The number of fused-ring (bicyclic) bond motifs is 1. The lowest BCUT2D eigenvalue weighted by Crippen LogP contribution is -2.32. The van der Waals surface area contributed by atoms with Crippen LogP contribution in [0, 0.1) is 6.92 Å². The van der Waals surface area contributed by atoms with Crippen molar-refractivity contribution in [2.24, 2.45) is 7.05 Å². The highest BCUT2D eigenvalue weighted by Gasteiger charge is 2.10. The third-order valence-corrected chi connectivity index (χ3v) is 3.98. The van der Waals surface area contributed by atoms with Gasteiger partial charge in [-0.15, -0.1) is 0 Å². The summed E-state index contributed by atoms with van der Waals surface area (Å²) in [7, 11) is 1.97. The molecule has 6 nitrogen and oxygen atoms in total. The van der Waals surface area contributed by atoms with Gasteiger partial charge in [-0.2, -0.15) is 5.10 Å². The van der Waals surface area contributed by atoms with Crippen LogP contribution in [-0.4, -0.2) is 26.8 Å². The molecule has 0 spiro atoms. The van der Waals surface area contributed by atoms with E-state index in [4.69, 9.17) is 0 Å². The topological polar surface area (TPSA) is 68.9 Å². The van der Waals surface area contributed by atoms with E-state index in [0.717, 1.165) is 22.2 Å². The number of aromatic nitrogens is 3. The molecule has 6 heteroatoms. The first-order chi connectivity index (χ1) is 11.5. The Hall–Kier alpha value is -2.89. The maximum absolute atomic E-state index is 12.2. The fraction of sp³-hybridized carbons (Fsp3) is 0.278. The number of benzene rings is 1. The average molecular weight is 324 g/mol. The Balaban J connectivity index is 1.61. The van der Waals surface area contributed by atoms with Crippen molar-refractivity contribution >= 4 is 16.8 Å². The summed E-state index contributed by atoms with van der Waals surface area (Å²) in [5.74, 6) is -0.0629. The Morgan fingerprint density at radius 3 is 2.83 bits per heavy atom. The zero-order valence-corrected chi connectivity index (χ0v) is 13.8. The summed E-state index contributed by atoms with van der Waals surface area (Å²) in [6.07, 6.45) is 2.30. The number of aryl methyl sites for hydroxylation is 2. The van der Waals surface area contributed by atoms with Crippen molar-refractivity contribution in [3.63, 3.8) is 0 Å². The summed E-state index contributed by atoms with van der Waals surface area (Å²) >= 11 is 0. The zero-order valence-electron chi connectivity index (χ0n) is 13.8. The summed E-state index contributed by atoms with van der Waals surface area (Å²) < 4.78 is 3.39. The summed E-state index contributed by atoms with van der Waals surface area (Å²) in [6, 6.07) is 11.2. The van der Waals surface area contributed by atoms with Crippen LogP contribution in [-0.2, 0) is 24.8 Å². The third kappa shape index (κ3) is 3.37. The van der Waals surface area contributed by atoms with Gasteiger partial charge in [-0.3, -0.25) is 9.59 Å². The number of carbonyl (C=O) groups is 1. The molecule has 0 atom stereocenters. The van der Waals surface area contributed by atoms with E-state index in [-0.39, 0.29) is 11.5 Å². The van der Waals surface area contributed by atoms with Crippen molar-refractivity contribution in [1.29, 1.82) is 0 Å². The number of para-hydroxylation sites is 1. The molecule has 0 bridgehead atoms.